The van der Waals surface area contributed by atoms with E-state index in [1.165, 1.54) is 38.5 Å². The molecule has 0 bridgehead atoms. The summed E-state index contributed by atoms with van der Waals surface area (Å²) in [6, 6.07) is 0. The predicted octanol–water partition coefficient (Wildman–Crippen LogP) is 5.75. The Kier molecular flexibility index (Phi) is 4.23. The Hall–Kier alpha value is -1.05. The quantitative estimate of drug-likeness (QED) is 0.369. The summed E-state index contributed by atoms with van der Waals surface area (Å²) < 4.78 is 0. The first-order valence-electron chi connectivity index (χ1n) is 9.29. The van der Waals surface area contributed by atoms with Gasteiger partial charge < -0.3 is 4.84 Å². The van der Waals surface area contributed by atoms with E-state index in [9.17, 15) is 0 Å². The molecule has 2 heteroatoms. The predicted molar refractivity (Wildman–Crippen MR) is 97.4 cm³/mol. The molecule has 0 heterocycles. The average molecular weight is 316 g/mol. The van der Waals surface area contributed by atoms with Crippen LogP contribution in [0.15, 0.2) is 29.5 Å². The van der Waals surface area contributed by atoms with Gasteiger partial charge in [-0.1, -0.05) is 50.1 Å². The molecular weight excluding hydrogens is 282 g/mol. The minimum atomic E-state index is 0.175. The third kappa shape index (κ3) is 2.68. The molecule has 0 aromatic carbocycles. The lowest BCUT2D eigenvalue weighted by molar-refractivity contribution is 0.0124. The van der Waals surface area contributed by atoms with Crippen molar-refractivity contribution in [3.63, 3.8) is 0 Å². The summed E-state index contributed by atoms with van der Waals surface area (Å²) in [6.07, 6.45) is 15.8. The second-order valence-electron chi connectivity index (χ2n) is 8.95. The van der Waals surface area contributed by atoms with Crippen molar-refractivity contribution in [2.24, 2.45) is 33.2 Å². The minimum absolute atomic E-state index is 0.175. The molecule has 0 radical (unpaired) electrons. The summed E-state index contributed by atoms with van der Waals surface area (Å²) in [4.78, 5) is 5.01. The molecule has 2 nitrogen and oxygen atoms in total. The van der Waals surface area contributed by atoms with Crippen molar-refractivity contribution in [1.29, 1.82) is 0 Å². The fraction of sp³-hybridized carbons (Fsp3) is 0.762. The molecule has 3 rings (SSSR count). The van der Waals surface area contributed by atoms with Crippen molar-refractivity contribution in [3.8, 4) is 0 Å². The Morgan fingerprint density at radius 2 is 2.04 bits per heavy atom. The molecule has 0 N–H and O–H groups in total. The zero-order chi connectivity index (χ0) is 16.7. The van der Waals surface area contributed by atoms with Crippen molar-refractivity contribution in [2.75, 3.05) is 7.11 Å². The second-order valence-corrected chi connectivity index (χ2v) is 8.95. The molecule has 3 aliphatic rings. The Morgan fingerprint density at radius 3 is 2.74 bits per heavy atom. The van der Waals surface area contributed by atoms with Crippen LogP contribution in [0.1, 0.15) is 65.7 Å². The molecule has 0 aromatic heterocycles. The molecule has 2 saturated carbocycles. The monoisotopic (exact) mass is 315 g/mol. The van der Waals surface area contributed by atoms with Crippen LogP contribution < -0.4 is 0 Å². The summed E-state index contributed by atoms with van der Waals surface area (Å²) >= 11 is 0. The highest BCUT2D eigenvalue weighted by molar-refractivity contribution is 5.66. The SMILES string of the molecule is C=C[C@@]1(C)CC=C2C(CCC3[C@@]2(C)CCC[C@@]3(C)C=NOC)C1. The van der Waals surface area contributed by atoms with Gasteiger partial charge in [0.05, 0.1) is 0 Å². The number of allylic oxidation sites excluding steroid dienone is 3. The first kappa shape index (κ1) is 16.8. The maximum atomic E-state index is 5.01. The maximum absolute atomic E-state index is 5.01. The van der Waals surface area contributed by atoms with E-state index in [0.29, 0.717) is 16.7 Å². The van der Waals surface area contributed by atoms with E-state index < -0.39 is 0 Å². The Labute approximate surface area is 142 Å². The Bertz CT molecular complexity index is 536. The fourth-order valence-electron chi connectivity index (χ4n) is 5.99. The van der Waals surface area contributed by atoms with Crippen LogP contribution in [-0.2, 0) is 4.84 Å². The van der Waals surface area contributed by atoms with Gasteiger partial charge in [0.25, 0.3) is 0 Å². The average Bonchev–Trinajstić information content (AvgIpc) is 2.52. The number of rotatable bonds is 3. The van der Waals surface area contributed by atoms with Gasteiger partial charge in [-0.3, -0.25) is 0 Å². The highest BCUT2D eigenvalue weighted by Gasteiger charge is 2.54. The van der Waals surface area contributed by atoms with Crippen molar-refractivity contribution in [3.05, 3.63) is 24.3 Å². The third-order valence-electron chi connectivity index (χ3n) is 7.33. The van der Waals surface area contributed by atoms with E-state index in [-0.39, 0.29) is 5.41 Å². The van der Waals surface area contributed by atoms with Gasteiger partial charge in [-0.15, -0.1) is 6.58 Å². The number of nitrogens with zero attached hydrogens (tertiary/aromatic N) is 1. The van der Waals surface area contributed by atoms with Crippen LogP contribution in [0.2, 0.25) is 0 Å². The summed E-state index contributed by atoms with van der Waals surface area (Å²) in [6.45, 7) is 11.4. The lowest BCUT2D eigenvalue weighted by Gasteiger charge is -2.58. The van der Waals surface area contributed by atoms with Crippen molar-refractivity contribution in [2.45, 2.75) is 65.7 Å². The zero-order valence-corrected chi connectivity index (χ0v) is 15.4. The van der Waals surface area contributed by atoms with Gasteiger partial charge in [-0.25, -0.2) is 0 Å². The number of hydrogen-bond donors (Lipinski definition) is 0. The number of hydrogen-bond acceptors (Lipinski definition) is 2. The first-order chi connectivity index (χ1) is 10.9. The molecule has 128 valence electrons. The van der Waals surface area contributed by atoms with Crippen LogP contribution in [0.25, 0.3) is 0 Å². The van der Waals surface area contributed by atoms with Crippen LogP contribution in [0, 0.1) is 28.1 Å². The molecular formula is C21H33NO. The molecule has 5 atom stereocenters. The van der Waals surface area contributed by atoms with Crippen LogP contribution >= 0.6 is 0 Å². The van der Waals surface area contributed by atoms with Crippen LogP contribution in [0.4, 0.5) is 0 Å². The smallest absolute Gasteiger partial charge is 0.106 e. The van der Waals surface area contributed by atoms with Gasteiger partial charge in [0.2, 0.25) is 0 Å². The summed E-state index contributed by atoms with van der Waals surface area (Å²) in [7, 11) is 1.65. The first-order valence-corrected chi connectivity index (χ1v) is 9.29. The summed E-state index contributed by atoms with van der Waals surface area (Å²) in [5.41, 5.74) is 2.57. The topological polar surface area (TPSA) is 21.6 Å². The summed E-state index contributed by atoms with van der Waals surface area (Å²) in [5, 5.41) is 4.17. The van der Waals surface area contributed by atoms with E-state index in [0.717, 1.165) is 12.3 Å². The van der Waals surface area contributed by atoms with Crippen LogP contribution in [0.3, 0.4) is 0 Å². The van der Waals surface area contributed by atoms with Gasteiger partial charge in [0.15, 0.2) is 0 Å². The highest BCUT2D eigenvalue weighted by Crippen LogP contribution is 2.63. The molecule has 2 fully saturated rings. The highest BCUT2D eigenvalue weighted by atomic mass is 16.6. The number of fused-ring (bicyclic) bond motifs is 3. The van der Waals surface area contributed by atoms with Crippen molar-refractivity contribution >= 4 is 6.21 Å². The van der Waals surface area contributed by atoms with E-state index >= 15 is 0 Å². The Morgan fingerprint density at radius 1 is 1.26 bits per heavy atom. The molecule has 2 unspecified atom stereocenters. The summed E-state index contributed by atoms with van der Waals surface area (Å²) in [5.74, 6) is 1.45. The standard InChI is InChI=1S/C21H33NO/c1-6-19(2)13-10-17-16(14-19)8-9-18-20(3,15-22-23-5)11-7-12-21(17,18)4/h6,10,15-16,18H,1,7-9,11-14H2,2-5H3/t16?,18?,19-,20-,21-/m0/s1. The lowest BCUT2D eigenvalue weighted by Crippen LogP contribution is -2.50. The van der Waals surface area contributed by atoms with Gasteiger partial charge in [-0.05, 0) is 61.2 Å². The fourth-order valence-corrected chi connectivity index (χ4v) is 5.99. The molecule has 23 heavy (non-hydrogen) atoms. The molecule has 0 aromatic rings. The van der Waals surface area contributed by atoms with Gasteiger partial charge in [0, 0.05) is 11.6 Å². The van der Waals surface area contributed by atoms with Crippen LogP contribution in [-0.4, -0.2) is 13.3 Å². The van der Waals surface area contributed by atoms with Crippen molar-refractivity contribution in [1.82, 2.24) is 0 Å². The Balaban J connectivity index is 1.95. The molecule has 0 saturated heterocycles. The lowest BCUT2D eigenvalue weighted by atomic mass is 9.46. The van der Waals surface area contributed by atoms with Crippen LogP contribution in [0.5, 0.6) is 0 Å². The normalized spacial score (nSPS) is 46.7. The third-order valence-corrected chi connectivity index (χ3v) is 7.33. The number of oxime groups is 1. The van der Waals surface area contributed by atoms with E-state index in [4.69, 9.17) is 4.84 Å². The molecule has 0 amide bonds. The largest absolute Gasteiger partial charge is 0.399 e. The maximum Gasteiger partial charge on any atom is 0.106 e. The minimum Gasteiger partial charge on any atom is -0.399 e. The van der Waals surface area contributed by atoms with Gasteiger partial charge in [0.1, 0.15) is 7.11 Å². The molecule has 3 aliphatic carbocycles. The van der Waals surface area contributed by atoms with Gasteiger partial charge >= 0.3 is 0 Å². The van der Waals surface area contributed by atoms with E-state index in [1.54, 1.807) is 12.7 Å². The van der Waals surface area contributed by atoms with Crippen molar-refractivity contribution < 1.29 is 4.84 Å². The van der Waals surface area contributed by atoms with E-state index in [2.05, 4.69) is 50.9 Å². The zero-order valence-electron chi connectivity index (χ0n) is 15.4. The molecule has 0 aliphatic heterocycles. The van der Waals surface area contributed by atoms with Gasteiger partial charge in [-0.2, -0.15) is 0 Å². The van der Waals surface area contributed by atoms with E-state index in [1.807, 2.05) is 0 Å². The second kappa shape index (κ2) is 5.79. The molecule has 0 spiro atoms.